The first kappa shape index (κ1) is 14.7. The van der Waals surface area contributed by atoms with Gasteiger partial charge in [-0.05, 0) is 40.4 Å². The van der Waals surface area contributed by atoms with Crippen molar-refractivity contribution in [1.82, 2.24) is 15.6 Å². The normalized spacial score (nSPS) is 21.4. The smallest absolute Gasteiger partial charge is 0.404 e. The summed E-state index contributed by atoms with van der Waals surface area (Å²) in [6.45, 7) is 0.964. The molecule has 1 aromatic heterocycles. The van der Waals surface area contributed by atoms with Crippen LogP contribution in [0.4, 0.5) is 10.6 Å². The molecule has 1 aliphatic rings. The number of pyridine rings is 1. The number of nitrogens with zero attached hydrogens (tertiary/aromatic N) is 1. The second-order valence-electron chi connectivity index (χ2n) is 4.58. The summed E-state index contributed by atoms with van der Waals surface area (Å²) < 4.78 is 0.651. The average Bonchev–Trinajstić information content (AvgIpc) is 2.85. The van der Waals surface area contributed by atoms with Crippen LogP contribution in [0.15, 0.2) is 22.8 Å². The molecule has 0 radical (unpaired) electrons. The molecule has 0 aromatic carbocycles. The minimum absolute atomic E-state index is 0.123. The lowest BCUT2D eigenvalue weighted by Gasteiger charge is -2.11. The van der Waals surface area contributed by atoms with E-state index in [4.69, 9.17) is 5.11 Å². The number of amides is 2. The van der Waals surface area contributed by atoms with Gasteiger partial charge in [0, 0.05) is 13.1 Å². The zero-order valence-electron chi connectivity index (χ0n) is 10.6. The van der Waals surface area contributed by atoms with Crippen LogP contribution in [0.3, 0.4) is 0 Å². The van der Waals surface area contributed by atoms with Crippen LogP contribution in [0.2, 0.25) is 0 Å². The summed E-state index contributed by atoms with van der Waals surface area (Å²) in [6, 6.07) is 4.95. The molecule has 2 amide bonds. The number of anilines is 1. The molecular weight excluding hydrogens is 328 g/mol. The quantitative estimate of drug-likeness (QED) is 0.612. The number of aromatic nitrogens is 1. The van der Waals surface area contributed by atoms with Gasteiger partial charge in [-0.15, -0.1) is 0 Å². The van der Waals surface area contributed by atoms with E-state index < -0.39 is 6.09 Å². The summed E-state index contributed by atoms with van der Waals surface area (Å²) in [5, 5.41) is 16.7. The highest BCUT2D eigenvalue weighted by atomic mass is 79.9. The SMILES string of the molecule is O=C(O)NC[C@H]1CN[C@H](C(=O)Nc2cccc(Br)n2)C1. The number of carbonyl (C=O) groups is 2. The fraction of sp³-hybridized carbons (Fsp3) is 0.417. The Hall–Kier alpha value is -1.67. The van der Waals surface area contributed by atoms with Gasteiger partial charge in [0.25, 0.3) is 0 Å². The van der Waals surface area contributed by atoms with E-state index in [1.54, 1.807) is 18.2 Å². The van der Waals surface area contributed by atoms with Crippen molar-refractivity contribution in [3.05, 3.63) is 22.8 Å². The van der Waals surface area contributed by atoms with Crippen molar-refractivity contribution in [2.45, 2.75) is 12.5 Å². The molecule has 2 atom stereocenters. The molecule has 8 heteroatoms. The number of halogens is 1. The topological polar surface area (TPSA) is 103 Å². The van der Waals surface area contributed by atoms with E-state index in [1.165, 1.54) is 0 Å². The van der Waals surface area contributed by atoms with Gasteiger partial charge in [0.05, 0.1) is 6.04 Å². The van der Waals surface area contributed by atoms with Gasteiger partial charge in [-0.25, -0.2) is 9.78 Å². The molecule has 4 N–H and O–H groups in total. The van der Waals surface area contributed by atoms with Gasteiger partial charge in [0.2, 0.25) is 5.91 Å². The molecular formula is C12H15BrN4O3. The predicted molar refractivity (Wildman–Crippen MR) is 76.5 cm³/mol. The largest absolute Gasteiger partial charge is 0.465 e. The first-order valence-electron chi connectivity index (χ1n) is 6.18. The molecule has 0 spiro atoms. The van der Waals surface area contributed by atoms with Crippen LogP contribution < -0.4 is 16.0 Å². The summed E-state index contributed by atoms with van der Waals surface area (Å²) in [5.41, 5.74) is 0. The second kappa shape index (κ2) is 6.67. The molecule has 20 heavy (non-hydrogen) atoms. The lowest BCUT2D eigenvalue weighted by molar-refractivity contribution is -0.117. The molecule has 2 rings (SSSR count). The molecule has 0 bridgehead atoms. The van der Waals surface area contributed by atoms with Gasteiger partial charge in [-0.1, -0.05) is 6.07 Å². The lowest BCUT2D eigenvalue weighted by Crippen LogP contribution is -2.35. The summed E-state index contributed by atoms with van der Waals surface area (Å²) in [6.07, 6.45) is -0.448. The van der Waals surface area contributed by atoms with Gasteiger partial charge in [0.15, 0.2) is 0 Å². The molecule has 1 fully saturated rings. The van der Waals surface area contributed by atoms with Crippen molar-refractivity contribution in [3.63, 3.8) is 0 Å². The standard InChI is InChI=1S/C12H15BrN4O3/c13-9-2-1-3-10(16-9)17-11(18)8-4-7(5-14-8)6-15-12(19)20/h1-3,7-8,14-15H,4-6H2,(H,19,20)(H,16,17,18)/t7-,8+/m1/s1. The van der Waals surface area contributed by atoms with Crippen molar-refractivity contribution >= 4 is 33.7 Å². The first-order chi connectivity index (χ1) is 9.54. The monoisotopic (exact) mass is 342 g/mol. The molecule has 2 heterocycles. The Kier molecular flexibility index (Phi) is 4.91. The van der Waals surface area contributed by atoms with Crippen molar-refractivity contribution in [1.29, 1.82) is 0 Å². The number of hydrogen-bond donors (Lipinski definition) is 4. The highest BCUT2D eigenvalue weighted by Crippen LogP contribution is 2.16. The summed E-state index contributed by atoms with van der Waals surface area (Å²) in [4.78, 5) is 26.6. The van der Waals surface area contributed by atoms with Crippen LogP contribution in [0.5, 0.6) is 0 Å². The minimum atomic E-state index is -1.05. The van der Waals surface area contributed by atoms with Crippen molar-refractivity contribution in [2.24, 2.45) is 5.92 Å². The summed E-state index contributed by atoms with van der Waals surface area (Å²) >= 11 is 3.24. The van der Waals surface area contributed by atoms with Gasteiger partial charge in [0.1, 0.15) is 10.4 Å². The molecule has 0 unspecified atom stereocenters. The number of nitrogens with one attached hydrogen (secondary N) is 3. The minimum Gasteiger partial charge on any atom is -0.465 e. The van der Waals surface area contributed by atoms with Crippen LogP contribution in [-0.4, -0.2) is 41.2 Å². The number of rotatable bonds is 4. The maximum absolute atomic E-state index is 12.0. The van der Waals surface area contributed by atoms with E-state index >= 15 is 0 Å². The Morgan fingerprint density at radius 2 is 2.30 bits per heavy atom. The van der Waals surface area contributed by atoms with E-state index in [-0.39, 0.29) is 17.9 Å². The third-order valence-electron chi connectivity index (χ3n) is 3.05. The van der Waals surface area contributed by atoms with Gasteiger partial charge in [-0.3, -0.25) is 4.79 Å². The Labute approximate surface area is 124 Å². The van der Waals surface area contributed by atoms with Crippen LogP contribution in [0.25, 0.3) is 0 Å². The number of hydrogen-bond acceptors (Lipinski definition) is 4. The fourth-order valence-electron chi connectivity index (χ4n) is 2.09. The van der Waals surface area contributed by atoms with E-state index in [1.807, 2.05) is 0 Å². The van der Waals surface area contributed by atoms with E-state index in [0.29, 0.717) is 29.9 Å². The van der Waals surface area contributed by atoms with Gasteiger partial charge >= 0.3 is 6.09 Å². The zero-order chi connectivity index (χ0) is 14.5. The third kappa shape index (κ3) is 4.17. The Morgan fingerprint density at radius 3 is 3.00 bits per heavy atom. The van der Waals surface area contributed by atoms with Crippen LogP contribution in [-0.2, 0) is 4.79 Å². The average molecular weight is 343 g/mol. The molecule has 1 saturated heterocycles. The molecule has 0 aliphatic carbocycles. The highest BCUT2D eigenvalue weighted by Gasteiger charge is 2.29. The molecule has 7 nitrogen and oxygen atoms in total. The van der Waals surface area contributed by atoms with E-state index in [0.717, 1.165) is 0 Å². The lowest BCUT2D eigenvalue weighted by atomic mass is 10.1. The van der Waals surface area contributed by atoms with Crippen molar-refractivity contribution < 1.29 is 14.7 Å². The van der Waals surface area contributed by atoms with Crippen LogP contribution in [0, 0.1) is 5.92 Å². The number of carboxylic acid groups (broad SMARTS) is 1. The highest BCUT2D eigenvalue weighted by molar-refractivity contribution is 9.10. The second-order valence-corrected chi connectivity index (χ2v) is 5.40. The summed E-state index contributed by atoms with van der Waals surface area (Å²) in [5.74, 6) is 0.448. The van der Waals surface area contributed by atoms with Crippen LogP contribution in [0.1, 0.15) is 6.42 Å². The molecule has 1 aliphatic heterocycles. The molecule has 108 valence electrons. The summed E-state index contributed by atoms with van der Waals surface area (Å²) in [7, 11) is 0. The van der Waals surface area contributed by atoms with Crippen molar-refractivity contribution in [3.8, 4) is 0 Å². The Balaban J connectivity index is 1.83. The maximum Gasteiger partial charge on any atom is 0.404 e. The van der Waals surface area contributed by atoms with Gasteiger partial charge in [-0.2, -0.15) is 0 Å². The van der Waals surface area contributed by atoms with Crippen molar-refractivity contribution in [2.75, 3.05) is 18.4 Å². The third-order valence-corrected chi connectivity index (χ3v) is 3.49. The van der Waals surface area contributed by atoms with E-state index in [9.17, 15) is 9.59 Å². The Morgan fingerprint density at radius 1 is 1.50 bits per heavy atom. The number of carbonyl (C=O) groups excluding carboxylic acids is 1. The zero-order valence-corrected chi connectivity index (χ0v) is 12.2. The first-order valence-corrected chi connectivity index (χ1v) is 6.97. The molecule has 1 aromatic rings. The van der Waals surface area contributed by atoms with Gasteiger partial charge < -0.3 is 21.1 Å². The van der Waals surface area contributed by atoms with Crippen LogP contribution >= 0.6 is 15.9 Å². The maximum atomic E-state index is 12.0. The van der Waals surface area contributed by atoms with E-state index in [2.05, 4.69) is 36.9 Å². The Bertz CT molecular complexity index is 511. The fourth-order valence-corrected chi connectivity index (χ4v) is 2.43. The predicted octanol–water partition coefficient (Wildman–Crippen LogP) is 1.03. The molecule has 0 saturated carbocycles.